The van der Waals surface area contributed by atoms with Crippen LogP contribution < -0.4 is 11.0 Å². The number of aromatic amines is 1. The fourth-order valence-corrected chi connectivity index (χ4v) is 0.911. The van der Waals surface area contributed by atoms with Gasteiger partial charge in [0.2, 0.25) is 0 Å². The van der Waals surface area contributed by atoms with Crippen molar-refractivity contribution < 1.29 is 14.8 Å². The van der Waals surface area contributed by atoms with E-state index in [1.54, 1.807) is 0 Å². The van der Waals surface area contributed by atoms with Crippen molar-refractivity contribution in [2.75, 3.05) is 0 Å². The summed E-state index contributed by atoms with van der Waals surface area (Å²) in [4.78, 5) is 24.1. The van der Waals surface area contributed by atoms with E-state index in [1.165, 1.54) is 6.92 Å². The molecular weight excluding hydrogens is 173 g/mol. The maximum Gasteiger partial charge on any atom is 0.489 e. The smallest absolute Gasteiger partial charge is 0.423 e. The highest BCUT2D eigenvalue weighted by molar-refractivity contribution is 6.58. The van der Waals surface area contributed by atoms with Gasteiger partial charge in [0, 0.05) is 6.20 Å². The molecule has 0 aliphatic carbocycles. The van der Waals surface area contributed by atoms with E-state index in [0.717, 1.165) is 12.3 Å². The summed E-state index contributed by atoms with van der Waals surface area (Å²) >= 11 is 0. The Morgan fingerprint density at radius 1 is 1.54 bits per heavy atom. The zero-order valence-corrected chi connectivity index (χ0v) is 6.94. The van der Waals surface area contributed by atoms with Gasteiger partial charge in [-0.15, -0.1) is 0 Å². The van der Waals surface area contributed by atoms with Crippen molar-refractivity contribution in [1.82, 2.24) is 4.98 Å². The fourth-order valence-electron chi connectivity index (χ4n) is 0.911. The predicted molar refractivity (Wildman–Crippen MR) is 46.9 cm³/mol. The Bertz CT molecular complexity index is 384. The lowest BCUT2D eigenvalue weighted by Gasteiger charge is -1.99. The average Bonchev–Trinajstić information content (AvgIpc) is 2.04. The standard InChI is InChI=1S/C7H8BNO4/c1-4(10)6-2-5(8(12)13)3-9-7(6)11/h2-3,12-13H,1H3,(H,9,11). The second-order valence-corrected chi connectivity index (χ2v) is 2.61. The van der Waals surface area contributed by atoms with Gasteiger partial charge in [-0.3, -0.25) is 9.59 Å². The molecule has 1 aromatic heterocycles. The highest BCUT2D eigenvalue weighted by Crippen LogP contribution is 1.89. The number of pyridine rings is 1. The number of hydrogen-bond donors (Lipinski definition) is 3. The highest BCUT2D eigenvalue weighted by Gasteiger charge is 2.14. The summed E-state index contributed by atoms with van der Waals surface area (Å²) in [6.45, 7) is 1.23. The van der Waals surface area contributed by atoms with Crippen molar-refractivity contribution >= 4 is 18.4 Å². The Kier molecular flexibility index (Phi) is 2.65. The Hall–Kier alpha value is -1.40. The van der Waals surface area contributed by atoms with Crippen molar-refractivity contribution in [3.8, 4) is 0 Å². The summed E-state index contributed by atoms with van der Waals surface area (Å²) in [6, 6.07) is 1.16. The van der Waals surface area contributed by atoms with E-state index in [0.29, 0.717) is 0 Å². The van der Waals surface area contributed by atoms with Crippen molar-refractivity contribution in [3.63, 3.8) is 0 Å². The SMILES string of the molecule is CC(=O)c1cc(B(O)O)c[nH]c1=O. The van der Waals surface area contributed by atoms with Gasteiger partial charge in [-0.05, 0) is 18.5 Å². The van der Waals surface area contributed by atoms with Gasteiger partial charge in [0.15, 0.2) is 5.78 Å². The molecule has 0 aliphatic heterocycles. The Morgan fingerprint density at radius 3 is 2.62 bits per heavy atom. The van der Waals surface area contributed by atoms with Crippen LogP contribution >= 0.6 is 0 Å². The van der Waals surface area contributed by atoms with E-state index in [2.05, 4.69) is 4.98 Å². The van der Waals surface area contributed by atoms with Crippen LogP contribution in [-0.2, 0) is 0 Å². The summed E-state index contributed by atoms with van der Waals surface area (Å²) in [7, 11) is -1.69. The molecule has 0 aromatic carbocycles. The van der Waals surface area contributed by atoms with Crippen molar-refractivity contribution in [1.29, 1.82) is 0 Å². The monoisotopic (exact) mass is 181 g/mol. The molecule has 0 saturated heterocycles. The Labute approximate surface area is 74.2 Å². The molecule has 0 radical (unpaired) electrons. The molecule has 0 unspecified atom stereocenters. The number of carbonyl (C=O) groups excluding carboxylic acids is 1. The first-order chi connectivity index (χ1) is 6.02. The van der Waals surface area contributed by atoms with Crippen LogP contribution in [0.4, 0.5) is 0 Å². The minimum absolute atomic E-state index is 0.0781. The number of Topliss-reactive ketones (excluding diaryl/α,β-unsaturated/α-hetero) is 1. The third kappa shape index (κ3) is 2.04. The van der Waals surface area contributed by atoms with Crippen molar-refractivity contribution in [2.45, 2.75) is 6.92 Å². The zero-order chi connectivity index (χ0) is 10.0. The third-order valence-corrected chi connectivity index (χ3v) is 1.60. The fraction of sp³-hybridized carbons (Fsp3) is 0.143. The molecular formula is C7H8BNO4. The van der Waals surface area contributed by atoms with Gasteiger partial charge >= 0.3 is 7.12 Å². The van der Waals surface area contributed by atoms with Gasteiger partial charge in [0.25, 0.3) is 5.56 Å². The van der Waals surface area contributed by atoms with Gasteiger partial charge in [-0.25, -0.2) is 0 Å². The van der Waals surface area contributed by atoms with Crippen molar-refractivity contribution in [3.05, 3.63) is 28.2 Å². The van der Waals surface area contributed by atoms with Crippen LogP contribution in [0.2, 0.25) is 0 Å². The largest absolute Gasteiger partial charge is 0.489 e. The molecule has 1 aromatic rings. The maximum atomic E-state index is 11.0. The number of aromatic nitrogens is 1. The van der Waals surface area contributed by atoms with Gasteiger partial charge in [-0.2, -0.15) is 0 Å². The van der Waals surface area contributed by atoms with Gasteiger partial charge in [0.1, 0.15) is 0 Å². The average molecular weight is 181 g/mol. The summed E-state index contributed by atoms with van der Waals surface area (Å²) in [6.07, 6.45) is 1.15. The third-order valence-electron chi connectivity index (χ3n) is 1.60. The van der Waals surface area contributed by atoms with E-state index in [9.17, 15) is 9.59 Å². The molecule has 1 rings (SSSR count). The number of carbonyl (C=O) groups is 1. The summed E-state index contributed by atoms with van der Waals surface area (Å²) in [5, 5.41) is 17.5. The van der Waals surface area contributed by atoms with Crippen LogP contribution in [-0.4, -0.2) is 27.9 Å². The topological polar surface area (TPSA) is 90.4 Å². The highest BCUT2D eigenvalue weighted by atomic mass is 16.4. The Balaban J connectivity index is 3.27. The normalized spacial score (nSPS) is 9.77. The second-order valence-electron chi connectivity index (χ2n) is 2.61. The Morgan fingerprint density at radius 2 is 2.15 bits per heavy atom. The molecule has 3 N–H and O–H groups in total. The van der Waals surface area contributed by atoms with E-state index >= 15 is 0 Å². The van der Waals surface area contributed by atoms with E-state index < -0.39 is 18.5 Å². The lowest BCUT2D eigenvalue weighted by molar-refractivity contribution is 0.101. The summed E-state index contributed by atoms with van der Waals surface area (Å²) < 4.78 is 0. The lowest BCUT2D eigenvalue weighted by atomic mass is 9.81. The molecule has 1 heterocycles. The van der Waals surface area contributed by atoms with Gasteiger partial charge in [0.05, 0.1) is 5.56 Å². The maximum absolute atomic E-state index is 11.0. The minimum Gasteiger partial charge on any atom is -0.423 e. The van der Waals surface area contributed by atoms with E-state index in [4.69, 9.17) is 10.0 Å². The van der Waals surface area contributed by atoms with Gasteiger partial charge < -0.3 is 15.0 Å². The number of nitrogens with one attached hydrogen (secondary N) is 1. The minimum atomic E-state index is -1.69. The van der Waals surface area contributed by atoms with Crippen LogP contribution in [0, 0.1) is 0 Å². The summed E-state index contributed by atoms with van der Waals surface area (Å²) in [5.74, 6) is -0.413. The number of ketones is 1. The molecule has 68 valence electrons. The van der Waals surface area contributed by atoms with E-state index in [1.807, 2.05) is 0 Å². The number of rotatable bonds is 2. The molecule has 0 amide bonds. The van der Waals surface area contributed by atoms with Crippen LogP contribution in [0.25, 0.3) is 0 Å². The molecule has 0 atom stereocenters. The van der Waals surface area contributed by atoms with Crippen LogP contribution in [0.5, 0.6) is 0 Å². The van der Waals surface area contributed by atoms with E-state index in [-0.39, 0.29) is 11.0 Å². The summed E-state index contributed by atoms with van der Waals surface area (Å²) in [5.41, 5.74) is -0.521. The first-order valence-corrected chi connectivity index (χ1v) is 3.62. The quantitative estimate of drug-likeness (QED) is 0.373. The molecule has 0 aliphatic rings. The molecule has 5 nitrogen and oxygen atoms in total. The zero-order valence-electron chi connectivity index (χ0n) is 6.94. The van der Waals surface area contributed by atoms with Crippen LogP contribution in [0.15, 0.2) is 17.1 Å². The molecule has 6 heteroatoms. The molecule has 0 spiro atoms. The number of H-pyrrole nitrogens is 1. The van der Waals surface area contributed by atoms with Crippen LogP contribution in [0.3, 0.4) is 0 Å². The molecule has 0 bridgehead atoms. The lowest BCUT2D eigenvalue weighted by Crippen LogP contribution is -2.33. The number of hydrogen-bond acceptors (Lipinski definition) is 4. The first-order valence-electron chi connectivity index (χ1n) is 3.62. The molecule has 0 saturated carbocycles. The second kappa shape index (κ2) is 3.55. The van der Waals surface area contributed by atoms with Crippen molar-refractivity contribution in [2.24, 2.45) is 0 Å². The molecule has 0 fully saturated rings. The molecule has 13 heavy (non-hydrogen) atoms. The van der Waals surface area contributed by atoms with Gasteiger partial charge in [-0.1, -0.05) is 0 Å². The predicted octanol–water partition coefficient (Wildman–Crippen LogP) is -1.74. The first kappa shape index (κ1) is 9.69. The van der Waals surface area contributed by atoms with Crippen LogP contribution in [0.1, 0.15) is 17.3 Å².